The number of anilines is 1. The molecule has 0 saturated carbocycles. The van der Waals surface area contributed by atoms with Gasteiger partial charge in [0.1, 0.15) is 11.4 Å². The number of para-hydroxylation sites is 1. The summed E-state index contributed by atoms with van der Waals surface area (Å²) >= 11 is 1.37. The number of thiazole rings is 1. The second-order valence-corrected chi connectivity index (χ2v) is 8.55. The van der Waals surface area contributed by atoms with Crippen LogP contribution in [0, 0.1) is 0 Å². The maximum atomic E-state index is 12.4. The van der Waals surface area contributed by atoms with Crippen molar-refractivity contribution in [1.29, 1.82) is 0 Å². The van der Waals surface area contributed by atoms with Gasteiger partial charge in [0.05, 0.1) is 36.3 Å². The van der Waals surface area contributed by atoms with Crippen LogP contribution in [0.25, 0.3) is 10.2 Å². The van der Waals surface area contributed by atoms with E-state index in [1.54, 1.807) is 32.3 Å². The molecular formula is C21H20N3O5S+. The van der Waals surface area contributed by atoms with Gasteiger partial charge >= 0.3 is 5.97 Å². The lowest BCUT2D eigenvalue weighted by Crippen LogP contribution is -2.57. The minimum absolute atomic E-state index is 0.0194. The van der Waals surface area contributed by atoms with Crippen LogP contribution in [0.5, 0.6) is 5.75 Å². The minimum atomic E-state index is -1.03. The molecule has 0 radical (unpaired) electrons. The van der Waals surface area contributed by atoms with E-state index in [1.807, 2.05) is 24.3 Å². The summed E-state index contributed by atoms with van der Waals surface area (Å²) in [7, 11) is 3.49. The molecule has 2 aromatic carbocycles. The Morgan fingerprint density at radius 1 is 1.27 bits per heavy atom. The number of Topliss-reactive ketones (excluding diaryl/α,β-unsaturated/α-hetero) is 1. The van der Waals surface area contributed by atoms with Gasteiger partial charge in [0.15, 0.2) is 23.6 Å². The van der Waals surface area contributed by atoms with Crippen molar-refractivity contribution < 1.29 is 24.2 Å². The van der Waals surface area contributed by atoms with Crippen LogP contribution in [-0.4, -0.2) is 54.5 Å². The second-order valence-electron chi connectivity index (χ2n) is 7.52. The molecule has 1 amide bonds. The molecule has 2 heterocycles. The number of benzene rings is 2. The Hall–Kier alpha value is -3.30. The number of aliphatic carboxylic acids is 1. The predicted octanol–water partition coefficient (Wildman–Crippen LogP) is 2.92. The summed E-state index contributed by atoms with van der Waals surface area (Å²) in [5.74, 6) is -1.21. The van der Waals surface area contributed by atoms with Crippen LogP contribution in [0.3, 0.4) is 0 Å². The molecule has 8 nitrogen and oxygen atoms in total. The third-order valence-corrected chi connectivity index (χ3v) is 6.20. The van der Waals surface area contributed by atoms with Crippen LogP contribution in [0.15, 0.2) is 42.5 Å². The average Bonchev–Trinajstić information content (AvgIpc) is 3.11. The van der Waals surface area contributed by atoms with E-state index in [9.17, 15) is 19.5 Å². The van der Waals surface area contributed by atoms with Crippen molar-refractivity contribution in [3.63, 3.8) is 0 Å². The number of amides is 1. The SMILES string of the molecule is C[N+]1(C)c2cc(OCC(=O)Nc3nc4ccccc4s3)ccc2C(=O)CC1C(=O)O. The number of hydrogen-bond acceptors (Lipinski definition) is 6. The zero-order valence-electron chi connectivity index (χ0n) is 16.4. The second kappa shape index (κ2) is 7.51. The van der Waals surface area contributed by atoms with E-state index in [-0.39, 0.29) is 29.2 Å². The van der Waals surface area contributed by atoms with E-state index >= 15 is 0 Å². The molecule has 0 spiro atoms. The molecule has 4 rings (SSSR count). The summed E-state index contributed by atoms with van der Waals surface area (Å²) in [5.41, 5.74) is 1.84. The van der Waals surface area contributed by atoms with Gasteiger partial charge in [-0.3, -0.25) is 19.4 Å². The number of nitrogens with one attached hydrogen (secondary N) is 1. The lowest BCUT2D eigenvalue weighted by Gasteiger charge is -2.39. The highest BCUT2D eigenvalue weighted by atomic mass is 32.1. The van der Waals surface area contributed by atoms with Crippen LogP contribution >= 0.6 is 11.3 Å². The number of likely N-dealkylation sites (N-methyl/N-ethyl adjacent to an activating group) is 1. The van der Waals surface area contributed by atoms with Crippen LogP contribution in [0.2, 0.25) is 0 Å². The fourth-order valence-electron chi connectivity index (χ4n) is 3.59. The summed E-state index contributed by atoms with van der Waals surface area (Å²) in [5, 5.41) is 12.7. The van der Waals surface area contributed by atoms with Crippen LogP contribution in [-0.2, 0) is 9.59 Å². The Balaban J connectivity index is 1.48. The van der Waals surface area contributed by atoms with Gasteiger partial charge in [-0.2, -0.15) is 0 Å². The molecular weight excluding hydrogens is 406 g/mol. The Morgan fingerprint density at radius 3 is 2.77 bits per heavy atom. The molecule has 0 fully saturated rings. The highest BCUT2D eigenvalue weighted by molar-refractivity contribution is 7.22. The van der Waals surface area contributed by atoms with Gasteiger partial charge in [0.2, 0.25) is 0 Å². The normalized spacial score (nSPS) is 17.4. The molecule has 30 heavy (non-hydrogen) atoms. The number of carbonyl (C=O) groups is 3. The van der Waals surface area contributed by atoms with E-state index in [1.165, 1.54) is 11.3 Å². The molecule has 0 saturated heterocycles. The molecule has 1 aromatic heterocycles. The third-order valence-electron chi connectivity index (χ3n) is 5.24. The first-order valence-corrected chi connectivity index (χ1v) is 10.1. The maximum absolute atomic E-state index is 12.4. The van der Waals surface area contributed by atoms with Gasteiger partial charge in [-0.05, 0) is 24.3 Å². The van der Waals surface area contributed by atoms with Gasteiger partial charge in [-0.1, -0.05) is 23.5 Å². The molecule has 0 bridgehead atoms. The topological polar surface area (TPSA) is 106 Å². The fraction of sp³-hybridized carbons (Fsp3) is 0.238. The number of aromatic nitrogens is 1. The van der Waals surface area contributed by atoms with Crippen molar-refractivity contribution in [2.24, 2.45) is 0 Å². The van der Waals surface area contributed by atoms with Crippen molar-refractivity contribution in [3.8, 4) is 5.75 Å². The zero-order valence-corrected chi connectivity index (χ0v) is 17.2. The standard InChI is InChI=1S/C21H19N3O5S/c1-24(2)15-9-12(7-8-13(15)17(25)10-16(24)20(27)28)29-11-19(26)23-21-22-14-5-3-4-6-18(14)30-21/h3-9,16H,10-11H2,1-2H3,(H-,22,23,26,27,28)/p+1. The number of quaternary nitrogens is 1. The Kier molecular flexibility index (Phi) is 5.00. The highest BCUT2D eigenvalue weighted by Crippen LogP contribution is 2.37. The highest BCUT2D eigenvalue weighted by Gasteiger charge is 2.45. The van der Waals surface area contributed by atoms with Crippen molar-refractivity contribution in [1.82, 2.24) is 9.47 Å². The van der Waals surface area contributed by atoms with Crippen LogP contribution in [0.1, 0.15) is 16.8 Å². The zero-order chi connectivity index (χ0) is 21.5. The maximum Gasteiger partial charge on any atom is 0.363 e. The Bertz CT molecular complexity index is 1140. The molecule has 0 aliphatic carbocycles. The van der Waals surface area contributed by atoms with Crippen molar-refractivity contribution in [2.45, 2.75) is 12.5 Å². The number of nitrogens with zero attached hydrogens (tertiary/aromatic N) is 2. The average molecular weight is 426 g/mol. The number of hydrogen-bond donors (Lipinski definition) is 2. The monoisotopic (exact) mass is 426 g/mol. The summed E-state index contributed by atoms with van der Waals surface area (Å²) in [6, 6.07) is 11.6. The van der Waals surface area contributed by atoms with Crippen molar-refractivity contribution in [2.75, 3.05) is 26.0 Å². The molecule has 9 heteroatoms. The van der Waals surface area contributed by atoms with Gasteiger partial charge in [-0.15, -0.1) is 0 Å². The van der Waals surface area contributed by atoms with Crippen LogP contribution in [0.4, 0.5) is 10.8 Å². The van der Waals surface area contributed by atoms with E-state index in [0.29, 0.717) is 22.1 Å². The number of rotatable bonds is 5. The molecule has 2 N–H and O–H groups in total. The number of ether oxygens (including phenoxy) is 1. The smallest absolute Gasteiger partial charge is 0.363 e. The van der Waals surface area contributed by atoms with Gasteiger partial charge in [0, 0.05) is 6.07 Å². The molecule has 3 aromatic rings. The van der Waals surface area contributed by atoms with E-state index in [2.05, 4.69) is 10.3 Å². The third kappa shape index (κ3) is 3.64. The Labute approximate surface area is 176 Å². The summed E-state index contributed by atoms with van der Waals surface area (Å²) in [4.78, 5) is 40.6. The van der Waals surface area contributed by atoms with Gasteiger partial charge < -0.3 is 9.84 Å². The van der Waals surface area contributed by atoms with Gasteiger partial charge in [-0.25, -0.2) is 9.78 Å². The predicted molar refractivity (Wildman–Crippen MR) is 114 cm³/mol. The molecule has 1 aliphatic heterocycles. The first-order valence-electron chi connectivity index (χ1n) is 9.28. The number of fused-ring (bicyclic) bond motifs is 2. The summed E-state index contributed by atoms with van der Waals surface area (Å²) in [6.07, 6.45) is -0.0554. The van der Waals surface area contributed by atoms with Crippen LogP contribution < -0.4 is 14.5 Å². The van der Waals surface area contributed by atoms with E-state index in [4.69, 9.17) is 4.74 Å². The number of ketones is 1. The van der Waals surface area contributed by atoms with E-state index in [0.717, 1.165) is 10.2 Å². The lowest BCUT2D eigenvalue weighted by atomic mass is 9.92. The summed E-state index contributed by atoms with van der Waals surface area (Å²) < 4.78 is 6.59. The Morgan fingerprint density at radius 2 is 2.03 bits per heavy atom. The largest absolute Gasteiger partial charge is 0.484 e. The van der Waals surface area contributed by atoms with Gasteiger partial charge in [0.25, 0.3) is 5.91 Å². The molecule has 1 atom stereocenters. The molecule has 1 aliphatic rings. The number of carbonyl (C=O) groups excluding carboxylic acids is 2. The summed E-state index contributed by atoms with van der Waals surface area (Å²) in [6.45, 7) is -0.238. The molecule has 1 unspecified atom stereocenters. The fourth-order valence-corrected chi connectivity index (χ4v) is 4.47. The van der Waals surface area contributed by atoms with E-state index < -0.39 is 12.0 Å². The van der Waals surface area contributed by atoms with Crippen molar-refractivity contribution >= 4 is 50.0 Å². The molecule has 154 valence electrons. The minimum Gasteiger partial charge on any atom is -0.484 e. The first kappa shape index (κ1) is 20.0. The number of carboxylic acid groups (broad SMARTS) is 1. The lowest BCUT2D eigenvalue weighted by molar-refractivity contribution is -0.142. The first-order chi connectivity index (χ1) is 14.3. The number of carboxylic acids is 1. The van der Waals surface area contributed by atoms with Crippen molar-refractivity contribution in [3.05, 3.63) is 48.0 Å². The quantitative estimate of drug-likeness (QED) is 0.608.